The fourth-order valence-corrected chi connectivity index (χ4v) is 3.19. The maximum atomic E-state index is 12.1. The molecule has 1 saturated heterocycles. The van der Waals surface area contributed by atoms with Gasteiger partial charge in [-0.3, -0.25) is 4.79 Å². The van der Waals surface area contributed by atoms with E-state index in [0.717, 1.165) is 13.1 Å². The van der Waals surface area contributed by atoms with E-state index >= 15 is 0 Å². The van der Waals surface area contributed by atoms with Crippen molar-refractivity contribution >= 4 is 28.3 Å². The van der Waals surface area contributed by atoms with E-state index in [1.54, 1.807) is 0 Å². The number of hydrogen-bond acceptors (Lipinski definition) is 4. The van der Waals surface area contributed by atoms with Gasteiger partial charge >= 0.3 is 0 Å². The summed E-state index contributed by atoms with van der Waals surface area (Å²) in [5, 5.41) is 6.00. The molecule has 130 valence electrons. The normalized spacial score (nSPS) is 14.9. The smallest absolute Gasteiger partial charge is 0.251 e. The van der Waals surface area contributed by atoms with Gasteiger partial charge in [0.15, 0.2) is 0 Å². The Bertz CT molecular complexity index is 613. The molecule has 2 rings (SSSR count). The van der Waals surface area contributed by atoms with Crippen LogP contribution in [0.3, 0.4) is 0 Å². The van der Waals surface area contributed by atoms with Crippen molar-refractivity contribution in [3.63, 3.8) is 0 Å². The van der Waals surface area contributed by atoms with E-state index in [4.69, 9.17) is 0 Å². The van der Waals surface area contributed by atoms with Crippen LogP contribution in [0.2, 0.25) is 0 Å². The van der Waals surface area contributed by atoms with Crippen LogP contribution in [0.5, 0.6) is 0 Å². The van der Waals surface area contributed by atoms with Crippen LogP contribution >= 0.6 is 12.4 Å². The summed E-state index contributed by atoms with van der Waals surface area (Å²) in [5.41, 5.74) is 0.468. The van der Waals surface area contributed by atoms with Crippen LogP contribution in [0, 0.1) is 11.8 Å². The van der Waals surface area contributed by atoms with Crippen molar-refractivity contribution in [2.24, 2.45) is 11.8 Å². The Morgan fingerprint density at radius 2 is 1.87 bits per heavy atom. The molecule has 0 aliphatic carbocycles. The fourth-order valence-electron chi connectivity index (χ4n) is 1.98. The number of hydrogen-bond donors (Lipinski definition) is 3. The summed E-state index contributed by atoms with van der Waals surface area (Å²) < 4.78 is 26.7. The molecule has 0 spiro atoms. The van der Waals surface area contributed by atoms with E-state index in [1.807, 2.05) is 13.8 Å². The monoisotopic (exact) mass is 361 g/mol. The van der Waals surface area contributed by atoms with Gasteiger partial charge in [-0.05, 0) is 30.2 Å². The molecule has 0 atom stereocenters. The zero-order valence-corrected chi connectivity index (χ0v) is 15.0. The number of rotatable bonds is 7. The molecule has 6 nitrogen and oxygen atoms in total. The van der Waals surface area contributed by atoms with Gasteiger partial charge in [-0.1, -0.05) is 13.8 Å². The highest BCUT2D eigenvalue weighted by Gasteiger charge is 2.18. The highest BCUT2D eigenvalue weighted by atomic mass is 35.5. The molecule has 1 aromatic carbocycles. The van der Waals surface area contributed by atoms with Crippen molar-refractivity contribution in [3.8, 4) is 0 Å². The molecular formula is C15H24ClN3O3S. The van der Waals surface area contributed by atoms with E-state index in [-0.39, 0.29) is 29.1 Å². The molecule has 0 aromatic heterocycles. The molecule has 1 aliphatic heterocycles. The number of nitrogens with one attached hydrogen (secondary N) is 3. The van der Waals surface area contributed by atoms with Gasteiger partial charge in [0.1, 0.15) is 0 Å². The highest BCUT2D eigenvalue weighted by molar-refractivity contribution is 7.89. The Balaban J connectivity index is 0.00000264. The zero-order valence-electron chi connectivity index (χ0n) is 13.3. The predicted molar refractivity (Wildman–Crippen MR) is 92.4 cm³/mol. The highest BCUT2D eigenvalue weighted by Crippen LogP contribution is 2.11. The summed E-state index contributed by atoms with van der Waals surface area (Å²) in [6, 6.07) is 6.00. The number of carbonyl (C=O) groups is 1. The predicted octanol–water partition coefficient (Wildman–Crippen LogP) is 0.992. The summed E-state index contributed by atoms with van der Waals surface area (Å²) in [6.45, 7) is 6.76. The van der Waals surface area contributed by atoms with Gasteiger partial charge in [-0.2, -0.15) is 0 Å². The average molecular weight is 362 g/mol. The van der Waals surface area contributed by atoms with Crippen molar-refractivity contribution < 1.29 is 13.2 Å². The quantitative estimate of drug-likeness (QED) is 0.676. The lowest BCUT2D eigenvalue weighted by atomic mass is 10.0. The van der Waals surface area contributed by atoms with E-state index in [9.17, 15) is 13.2 Å². The average Bonchev–Trinajstić information content (AvgIpc) is 2.43. The topological polar surface area (TPSA) is 87.3 Å². The summed E-state index contributed by atoms with van der Waals surface area (Å²) >= 11 is 0. The van der Waals surface area contributed by atoms with Crippen LogP contribution in [0.15, 0.2) is 29.2 Å². The van der Waals surface area contributed by atoms with Gasteiger partial charge in [0.2, 0.25) is 10.0 Å². The lowest BCUT2D eigenvalue weighted by molar-refractivity contribution is 0.0942. The van der Waals surface area contributed by atoms with Crippen molar-refractivity contribution in [1.29, 1.82) is 0 Å². The fraction of sp³-hybridized carbons (Fsp3) is 0.533. The third-order valence-electron chi connectivity index (χ3n) is 3.53. The second-order valence-electron chi connectivity index (χ2n) is 6.00. The van der Waals surface area contributed by atoms with Crippen LogP contribution in [-0.4, -0.2) is 40.5 Å². The Morgan fingerprint density at radius 3 is 2.35 bits per heavy atom. The SMILES string of the molecule is CC(C)CNS(=O)(=O)c1ccc(C(=O)NCC2CNC2)cc1.Cl. The van der Waals surface area contributed by atoms with Crippen molar-refractivity contribution in [2.45, 2.75) is 18.7 Å². The molecule has 1 amide bonds. The summed E-state index contributed by atoms with van der Waals surface area (Å²) in [7, 11) is -3.51. The third-order valence-corrected chi connectivity index (χ3v) is 4.97. The minimum absolute atomic E-state index is 0. The number of benzene rings is 1. The second kappa shape index (κ2) is 8.63. The maximum Gasteiger partial charge on any atom is 0.251 e. The molecule has 0 unspecified atom stereocenters. The van der Waals surface area contributed by atoms with E-state index in [1.165, 1.54) is 24.3 Å². The Hall–Kier alpha value is -1.15. The summed E-state index contributed by atoms with van der Waals surface area (Å²) in [4.78, 5) is 12.1. The first kappa shape index (κ1) is 19.9. The summed E-state index contributed by atoms with van der Waals surface area (Å²) in [5.74, 6) is 0.552. The van der Waals surface area contributed by atoms with Crippen LogP contribution in [-0.2, 0) is 10.0 Å². The molecule has 0 radical (unpaired) electrons. The van der Waals surface area contributed by atoms with Gasteiger partial charge in [-0.25, -0.2) is 13.1 Å². The molecule has 0 saturated carbocycles. The van der Waals surface area contributed by atoms with Crippen molar-refractivity contribution in [2.75, 3.05) is 26.2 Å². The minimum atomic E-state index is -3.51. The lowest BCUT2D eigenvalue weighted by Crippen LogP contribution is -2.48. The van der Waals surface area contributed by atoms with Crippen molar-refractivity contribution in [1.82, 2.24) is 15.4 Å². The lowest BCUT2D eigenvalue weighted by Gasteiger charge is -2.27. The first-order valence-corrected chi connectivity index (χ1v) is 8.95. The van der Waals surface area contributed by atoms with E-state index < -0.39 is 10.0 Å². The number of amides is 1. The number of sulfonamides is 1. The van der Waals surface area contributed by atoms with E-state index in [0.29, 0.717) is 24.6 Å². The summed E-state index contributed by atoms with van der Waals surface area (Å²) in [6.07, 6.45) is 0. The first-order chi connectivity index (χ1) is 10.4. The van der Waals surface area contributed by atoms with Crippen LogP contribution in [0.4, 0.5) is 0 Å². The molecule has 0 bridgehead atoms. The molecule has 1 fully saturated rings. The molecule has 23 heavy (non-hydrogen) atoms. The molecule has 1 aromatic rings. The van der Waals surface area contributed by atoms with Gasteiger partial charge in [0.05, 0.1) is 4.90 Å². The first-order valence-electron chi connectivity index (χ1n) is 7.47. The number of halogens is 1. The molecule has 1 aliphatic rings. The van der Waals surface area contributed by atoms with Gasteiger partial charge < -0.3 is 10.6 Å². The molecular weight excluding hydrogens is 338 g/mol. The zero-order chi connectivity index (χ0) is 16.2. The Labute approximate surface area is 143 Å². The van der Waals surface area contributed by atoms with E-state index in [2.05, 4.69) is 15.4 Å². The maximum absolute atomic E-state index is 12.1. The van der Waals surface area contributed by atoms with Crippen LogP contribution in [0.1, 0.15) is 24.2 Å². The third kappa shape index (κ3) is 5.76. The van der Waals surface area contributed by atoms with Gasteiger partial charge in [0, 0.05) is 37.7 Å². The Kier molecular flexibility index (Phi) is 7.47. The van der Waals surface area contributed by atoms with Gasteiger partial charge in [0.25, 0.3) is 5.91 Å². The Morgan fingerprint density at radius 1 is 1.26 bits per heavy atom. The van der Waals surface area contributed by atoms with Crippen LogP contribution < -0.4 is 15.4 Å². The standard InChI is InChI=1S/C15H23N3O3S.ClH/c1-11(2)7-18-22(20,21)14-5-3-13(4-6-14)15(19)17-10-12-8-16-9-12;/h3-6,11-12,16,18H,7-10H2,1-2H3,(H,17,19);1H. The molecule has 1 heterocycles. The minimum Gasteiger partial charge on any atom is -0.352 e. The van der Waals surface area contributed by atoms with Crippen molar-refractivity contribution in [3.05, 3.63) is 29.8 Å². The molecule has 8 heteroatoms. The largest absolute Gasteiger partial charge is 0.352 e. The second-order valence-corrected chi connectivity index (χ2v) is 7.77. The van der Waals surface area contributed by atoms with Crippen LogP contribution in [0.25, 0.3) is 0 Å². The molecule has 3 N–H and O–H groups in total. The number of carbonyl (C=O) groups excluding carboxylic acids is 1. The van der Waals surface area contributed by atoms with Gasteiger partial charge in [-0.15, -0.1) is 12.4 Å².